The Labute approximate surface area is 133 Å². The molecule has 122 valence electrons. The van der Waals surface area contributed by atoms with Crippen LogP contribution >= 0.6 is 0 Å². The lowest BCUT2D eigenvalue weighted by Crippen LogP contribution is -2.32. The van der Waals surface area contributed by atoms with Crippen LogP contribution < -0.4 is 5.32 Å². The van der Waals surface area contributed by atoms with Crippen molar-refractivity contribution in [3.63, 3.8) is 0 Å². The van der Waals surface area contributed by atoms with E-state index in [4.69, 9.17) is 4.52 Å². The van der Waals surface area contributed by atoms with Crippen molar-refractivity contribution in [3.05, 3.63) is 30.4 Å². The van der Waals surface area contributed by atoms with Crippen molar-refractivity contribution in [2.75, 3.05) is 18.1 Å². The summed E-state index contributed by atoms with van der Waals surface area (Å²) in [4.78, 5) is 20.1. The van der Waals surface area contributed by atoms with E-state index in [1.54, 1.807) is 18.5 Å². The summed E-state index contributed by atoms with van der Waals surface area (Å²) in [6, 6.07) is 3.60. The average Bonchev–Trinajstić information content (AvgIpc) is 3.14. The van der Waals surface area contributed by atoms with E-state index in [0.717, 1.165) is 5.56 Å². The third-order valence-corrected chi connectivity index (χ3v) is 5.40. The summed E-state index contributed by atoms with van der Waals surface area (Å²) in [6.07, 6.45) is 4.07. The van der Waals surface area contributed by atoms with Crippen LogP contribution in [-0.4, -0.2) is 47.5 Å². The Balaban J connectivity index is 1.50. The fraction of sp³-hybridized carbons (Fsp3) is 0.429. The first-order valence-electron chi connectivity index (χ1n) is 7.25. The van der Waals surface area contributed by atoms with Gasteiger partial charge in [0.05, 0.1) is 17.4 Å². The van der Waals surface area contributed by atoms with Crippen LogP contribution in [0.2, 0.25) is 0 Å². The van der Waals surface area contributed by atoms with Gasteiger partial charge in [-0.2, -0.15) is 4.98 Å². The standard InChI is InChI=1S/C14H16N4O4S/c19-14(11-4-7-23(20,21)9-11)16-6-3-12-17-13(18-22-12)10-2-1-5-15-8-10/h1-2,5,8,11H,3-4,6-7,9H2,(H,16,19). The summed E-state index contributed by atoms with van der Waals surface area (Å²) in [6.45, 7) is 0.323. The molecule has 1 fully saturated rings. The van der Waals surface area contributed by atoms with Crippen LogP contribution in [0.1, 0.15) is 12.3 Å². The maximum Gasteiger partial charge on any atom is 0.228 e. The third kappa shape index (κ3) is 3.92. The molecule has 3 heterocycles. The molecule has 1 amide bonds. The molecule has 0 saturated carbocycles. The molecule has 0 spiro atoms. The van der Waals surface area contributed by atoms with E-state index >= 15 is 0 Å². The van der Waals surface area contributed by atoms with Gasteiger partial charge in [0.1, 0.15) is 0 Å². The number of hydrogen-bond donors (Lipinski definition) is 1. The van der Waals surface area contributed by atoms with Gasteiger partial charge in [0, 0.05) is 30.9 Å². The predicted molar refractivity (Wildman–Crippen MR) is 81.0 cm³/mol. The van der Waals surface area contributed by atoms with Gasteiger partial charge < -0.3 is 9.84 Å². The molecule has 3 rings (SSSR count). The van der Waals surface area contributed by atoms with E-state index < -0.39 is 15.8 Å². The van der Waals surface area contributed by atoms with Crippen LogP contribution in [0, 0.1) is 5.92 Å². The summed E-state index contributed by atoms with van der Waals surface area (Å²) in [5.41, 5.74) is 0.752. The second kappa shape index (κ2) is 6.45. The summed E-state index contributed by atoms with van der Waals surface area (Å²) in [7, 11) is -3.05. The Morgan fingerprint density at radius 2 is 2.30 bits per heavy atom. The van der Waals surface area contributed by atoms with Gasteiger partial charge in [0.2, 0.25) is 17.6 Å². The summed E-state index contributed by atoms with van der Waals surface area (Å²) >= 11 is 0. The maximum absolute atomic E-state index is 11.9. The number of pyridine rings is 1. The van der Waals surface area contributed by atoms with Gasteiger partial charge in [0.15, 0.2) is 9.84 Å². The number of nitrogens with one attached hydrogen (secondary N) is 1. The zero-order chi connectivity index (χ0) is 16.3. The number of sulfone groups is 1. The Morgan fingerprint density at radius 1 is 1.43 bits per heavy atom. The van der Waals surface area contributed by atoms with Gasteiger partial charge in [-0.1, -0.05) is 5.16 Å². The van der Waals surface area contributed by atoms with Crippen LogP contribution in [0.15, 0.2) is 29.0 Å². The molecule has 9 heteroatoms. The zero-order valence-electron chi connectivity index (χ0n) is 12.3. The largest absolute Gasteiger partial charge is 0.355 e. The van der Waals surface area contributed by atoms with Crippen molar-refractivity contribution in [2.45, 2.75) is 12.8 Å². The topological polar surface area (TPSA) is 115 Å². The fourth-order valence-electron chi connectivity index (χ4n) is 2.41. The summed E-state index contributed by atoms with van der Waals surface area (Å²) in [5, 5.41) is 6.58. The van der Waals surface area contributed by atoms with Gasteiger partial charge >= 0.3 is 0 Å². The van der Waals surface area contributed by atoms with Gasteiger partial charge in [-0.15, -0.1) is 0 Å². The molecule has 0 aliphatic carbocycles. The lowest BCUT2D eigenvalue weighted by Gasteiger charge is -2.07. The monoisotopic (exact) mass is 336 g/mol. The van der Waals surface area contributed by atoms with E-state index in [1.165, 1.54) is 0 Å². The van der Waals surface area contributed by atoms with Crippen LogP contribution in [0.25, 0.3) is 11.4 Å². The Kier molecular flexibility index (Phi) is 4.37. The van der Waals surface area contributed by atoms with Crippen molar-refractivity contribution in [2.24, 2.45) is 5.92 Å². The molecule has 2 aromatic heterocycles. The minimum Gasteiger partial charge on any atom is -0.355 e. The minimum absolute atomic E-state index is 0.0649. The van der Waals surface area contributed by atoms with Gasteiger partial charge in [-0.05, 0) is 18.6 Å². The molecule has 1 saturated heterocycles. The average molecular weight is 336 g/mol. The maximum atomic E-state index is 11.9. The Hall–Kier alpha value is -2.29. The lowest BCUT2D eigenvalue weighted by atomic mass is 10.1. The molecule has 0 aromatic carbocycles. The van der Waals surface area contributed by atoms with Crippen LogP contribution in [-0.2, 0) is 21.1 Å². The quantitative estimate of drug-likeness (QED) is 0.830. The van der Waals surface area contributed by atoms with E-state index in [1.807, 2.05) is 6.07 Å². The Morgan fingerprint density at radius 3 is 3.00 bits per heavy atom. The molecule has 8 nitrogen and oxygen atoms in total. The highest BCUT2D eigenvalue weighted by molar-refractivity contribution is 7.91. The van der Waals surface area contributed by atoms with E-state index in [9.17, 15) is 13.2 Å². The molecule has 23 heavy (non-hydrogen) atoms. The molecule has 1 atom stereocenters. The van der Waals surface area contributed by atoms with Gasteiger partial charge in [-0.25, -0.2) is 8.42 Å². The molecule has 0 radical (unpaired) electrons. The SMILES string of the molecule is O=C(NCCc1nc(-c2cccnc2)no1)C1CCS(=O)(=O)C1. The number of nitrogens with zero attached hydrogens (tertiary/aromatic N) is 3. The van der Waals surface area contributed by atoms with Gasteiger partial charge in [-0.3, -0.25) is 9.78 Å². The number of hydrogen-bond acceptors (Lipinski definition) is 7. The van der Waals surface area contributed by atoms with Crippen molar-refractivity contribution in [1.82, 2.24) is 20.4 Å². The number of rotatable bonds is 5. The molecule has 2 aromatic rings. The zero-order valence-corrected chi connectivity index (χ0v) is 13.1. The molecular weight excluding hydrogens is 320 g/mol. The lowest BCUT2D eigenvalue weighted by molar-refractivity contribution is -0.124. The van der Waals surface area contributed by atoms with Crippen molar-refractivity contribution >= 4 is 15.7 Å². The van der Waals surface area contributed by atoms with Crippen molar-refractivity contribution in [1.29, 1.82) is 0 Å². The number of carbonyl (C=O) groups is 1. The molecule has 1 aliphatic heterocycles. The first-order chi connectivity index (χ1) is 11.0. The molecule has 1 N–H and O–H groups in total. The van der Waals surface area contributed by atoms with E-state index in [2.05, 4.69) is 20.4 Å². The third-order valence-electron chi connectivity index (χ3n) is 3.63. The van der Waals surface area contributed by atoms with Gasteiger partial charge in [0.25, 0.3) is 0 Å². The van der Waals surface area contributed by atoms with Crippen molar-refractivity contribution < 1.29 is 17.7 Å². The smallest absolute Gasteiger partial charge is 0.228 e. The highest BCUT2D eigenvalue weighted by Crippen LogP contribution is 2.18. The highest BCUT2D eigenvalue weighted by atomic mass is 32.2. The van der Waals surface area contributed by atoms with E-state index in [0.29, 0.717) is 31.1 Å². The second-order valence-corrected chi connectivity index (χ2v) is 7.62. The molecule has 0 bridgehead atoms. The number of carbonyl (C=O) groups excluding carboxylic acids is 1. The fourth-order valence-corrected chi connectivity index (χ4v) is 4.15. The highest BCUT2D eigenvalue weighted by Gasteiger charge is 2.32. The predicted octanol–water partition coefficient (Wildman–Crippen LogP) is 0.225. The molecule has 1 unspecified atom stereocenters. The second-order valence-electron chi connectivity index (χ2n) is 5.39. The summed E-state index contributed by atoms with van der Waals surface area (Å²) in [5.74, 6) is 0.185. The molecule has 1 aliphatic rings. The number of aromatic nitrogens is 3. The minimum atomic E-state index is -3.05. The first-order valence-corrected chi connectivity index (χ1v) is 9.07. The van der Waals surface area contributed by atoms with Crippen LogP contribution in [0.5, 0.6) is 0 Å². The summed E-state index contributed by atoms with van der Waals surface area (Å²) < 4.78 is 27.8. The molecular formula is C14H16N4O4S. The van der Waals surface area contributed by atoms with Crippen LogP contribution in [0.3, 0.4) is 0 Å². The van der Waals surface area contributed by atoms with E-state index in [-0.39, 0.29) is 17.4 Å². The van der Waals surface area contributed by atoms with Crippen molar-refractivity contribution in [3.8, 4) is 11.4 Å². The number of amides is 1. The Bertz CT molecular complexity index is 788. The van der Waals surface area contributed by atoms with Crippen LogP contribution in [0.4, 0.5) is 0 Å². The first kappa shape index (κ1) is 15.6. The normalized spacial score (nSPS) is 19.6.